The Hall–Kier alpha value is -1.31. The molecule has 24 heavy (non-hydrogen) atoms. The normalized spacial score (nSPS) is 16.8. The molecule has 2 rings (SSSR count). The molecule has 0 radical (unpaired) electrons. The number of hydrogen-bond acceptors (Lipinski definition) is 4. The molecule has 134 valence electrons. The number of nitrogens with zero attached hydrogens (tertiary/aromatic N) is 2. The van der Waals surface area contributed by atoms with Gasteiger partial charge in [0.15, 0.2) is 0 Å². The van der Waals surface area contributed by atoms with Crippen LogP contribution in [0, 0.1) is 6.92 Å². The summed E-state index contributed by atoms with van der Waals surface area (Å²) in [6, 6.07) is 3.58. The van der Waals surface area contributed by atoms with Crippen LogP contribution in [-0.4, -0.2) is 63.1 Å². The number of aryl methyl sites for hydroxylation is 1. The van der Waals surface area contributed by atoms with Gasteiger partial charge >= 0.3 is 0 Å². The van der Waals surface area contributed by atoms with Crippen molar-refractivity contribution < 1.29 is 17.9 Å². The van der Waals surface area contributed by atoms with Crippen molar-refractivity contribution in [3.8, 4) is 5.75 Å². The molecule has 6 nitrogen and oxygen atoms in total. The molecule has 0 spiro atoms. The molecule has 0 aromatic heterocycles. The topological polar surface area (TPSA) is 66.9 Å². The molecule has 1 amide bonds. The van der Waals surface area contributed by atoms with E-state index in [-0.39, 0.29) is 12.3 Å². The number of halogens is 1. The van der Waals surface area contributed by atoms with E-state index in [0.29, 0.717) is 43.4 Å². The second-order valence-electron chi connectivity index (χ2n) is 5.99. The monoisotopic (exact) mass is 374 g/mol. The third kappa shape index (κ3) is 4.62. The fourth-order valence-corrected chi connectivity index (χ4v) is 3.93. The number of sulfonamides is 1. The van der Waals surface area contributed by atoms with E-state index in [2.05, 4.69) is 0 Å². The first kappa shape index (κ1) is 19.0. The molecular weight excluding hydrogens is 352 g/mol. The van der Waals surface area contributed by atoms with Crippen molar-refractivity contribution in [2.24, 2.45) is 0 Å². The molecule has 0 N–H and O–H groups in total. The summed E-state index contributed by atoms with van der Waals surface area (Å²) in [5.41, 5.74) is 1.80. The zero-order valence-corrected chi connectivity index (χ0v) is 15.8. The molecule has 0 unspecified atom stereocenters. The second-order valence-corrected chi connectivity index (χ2v) is 8.38. The van der Waals surface area contributed by atoms with Crippen molar-refractivity contribution in [3.05, 3.63) is 28.3 Å². The van der Waals surface area contributed by atoms with Crippen LogP contribution in [0.1, 0.15) is 17.5 Å². The number of methoxy groups -OCH3 is 1. The van der Waals surface area contributed by atoms with Gasteiger partial charge in [-0.25, -0.2) is 12.7 Å². The van der Waals surface area contributed by atoms with Gasteiger partial charge in [0.25, 0.3) is 0 Å². The molecule has 8 heteroatoms. The Labute approximate surface area is 148 Å². The molecule has 1 heterocycles. The summed E-state index contributed by atoms with van der Waals surface area (Å²) >= 11 is 6.14. The first-order valence-corrected chi connectivity index (χ1v) is 10.0. The average Bonchev–Trinajstić information content (AvgIpc) is 2.76. The highest BCUT2D eigenvalue weighted by molar-refractivity contribution is 7.88. The van der Waals surface area contributed by atoms with Crippen LogP contribution < -0.4 is 4.74 Å². The quantitative estimate of drug-likeness (QED) is 0.804. The average molecular weight is 375 g/mol. The Kier molecular flexibility index (Phi) is 6.11. The highest BCUT2D eigenvalue weighted by atomic mass is 35.5. The van der Waals surface area contributed by atoms with Gasteiger partial charge in [-0.15, -0.1) is 0 Å². The van der Waals surface area contributed by atoms with Crippen LogP contribution in [0.25, 0.3) is 0 Å². The predicted octanol–water partition coefficient (Wildman–Crippen LogP) is 1.69. The lowest BCUT2D eigenvalue weighted by molar-refractivity contribution is -0.130. The van der Waals surface area contributed by atoms with E-state index < -0.39 is 10.0 Å². The van der Waals surface area contributed by atoms with Gasteiger partial charge in [-0.05, 0) is 36.6 Å². The Morgan fingerprint density at radius 2 is 1.96 bits per heavy atom. The van der Waals surface area contributed by atoms with Crippen molar-refractivity contribution in [1.29, 1.82) is 0 Å². The van der Waals surface area contributed by atoms with Crippen LogP contribution in [0.2, 0.25) is 5.02 Å². The Bertz CT molecular complexity index is 721. The maximum atomic E-state index is 12.6. The summed E-state index contributed by atoms with van der Waals surface area (Å²) in [7, 11) is -1.66. The highest BCUT2D eigenvalue weighted by Crippen LogP contribution is 2.28. The molecule has 0 saturated carbocycles. The minimum absolute atomic E-state index is 0.0188. The summed E-state index contributed by atoms with van der Waals surface area (Å²) < 4.78 is 29.9. The van der Waals surface area contributed by atoms with E-state index in [1.165, 1.54) is 10.6 Å². The zero-order chi connectivity index (χ0) is 17.9. The van der Waals surface area contributed by atoms with Crippen LogP contribution in [0.4, 0.5) is 0 Å². The van der Waals surface area contributed by atoms with Crippen molar-refractivity contribution in [2.45, 2.75) is 19.8 Å². The highest BCUT2D eigenvalue weighted by Gasteiger charge is 2.24. The van der Waals surface area contributed by atoms with E-state index in [4.69, 9.17) is 16.3 Å². The lowest BCUT2D eigenvalue weighted by Crippen LogP contribution is -2.37. The summed E-state index contributed by atoms with van der Waals surface area (Å²) in [6.07, 6.45) is 2.09. The maximum absolute atomic E-state index is 12.6. The summed E-state index contributed by atoms with van der Waals surface area (Å²) in [6.45, 7) is 3.68. The first-order valence-electron chi connectivity index (χ1n) is 7.78. The van der Waals surface area contributed by atoms with Crippen LogP contribution in [0.5, 0.6) is 5.75 Å². The largest absolute Gasteiger partial charge is 0.495 e. The standard InChI is InChI=1S/C16H23ClN2O4S/c1-12-9-15(23-2)14(17)10-13(12)11-16(20)18-5-4-6-19(8-7-18)24(3,21)22/h9-10H,4-8,11H2,1-3H3. The van der Waals surface area contributed by atoms with Crippen LogP contribution >= 0.6 is 11.6 Å². The molecule has 1 aliphatic rings. The minimum Gasteiger partial charge on any atom is -0.495 e. The second kappa shape index (κ2) is 7.72. The maximum Gasteiger partial charge on any atom is 0.227 e. The number of amides is 1. The Morgan fingerprint density at radius 1 is 1.25 bits per heavy atom. The van der Waals surface area contributed by atoms with Gasteiger partial charge in [0.1, 0.15) is 5.75 Å². The predicted molar refractivity (Wildman–Crippen MR) is 94.1 cm³/mol. The fourth-order valence-electron chi connectivity index (χ4n) is 2.79. The van der Waals surface area contributed by atoms with Crippen molar-refractivity contribution in [2.75, 3.05) is 39.5 Å². The molecule has 1 aromatic rings. The smallest absolute Gasteiger partial charge is 0.227 e. The van der Waals surface area contributed by atoms with Crippen molar-refractivity contribution in [1.82, 2.24) is 9.21 Å². The minimum atomic E-state index is -3.21. The number of benzene rings is 1. The van der Waals surface area contributed by atoms with E-state index in [1.54, 1.807) is 18.1 Å². The summed E-state index contributed by atoms with van der Waals surface area (Å²) in [4.78, 5) is 14.3. The van der Waals surface area contributed by atoms with Gasteiger partial charge in [0.2, 0.25) is 15.9 Å². The number of carbonyl (C=O) groups is 1. The fraction of sp³-hybridized carbons (Fsp3) is 0.562. The molecule has 1 aromatic carbocycles. The lowest BCUT2D eigenvalue weighted by atomic mass is 10.0. The molecule has 0 bridgehead atoms. The molecular formula is C16H23ClN2O4S. The third-order valence-corrected chi connectivity index (χ3v) is 5.83. The van der Waals surface area contributed by atoms with Crippen molar-refractivity contribution >= 4 is 27.5 Å². The molecule has 0 atom stereocenters. The first-order chi connectivity index (χ1) is 11.2. The van der Waals surface area contributed by atoms with E-state index >= 15 is 0 Å². The number of carbonyl (C=O) groups excluding carboxylic acids is 1. The molecule has 1 aliphatic heterocycles. The van der Waals surface area contributed by atoms with E-state index in [0.717, 1.165) is 11.1 Å². The number of rotatable bonds is 4. The third-order valence-electron chi connectivity index (χ3n) is 4.23. The van der Waals surface area contributed by atoms with Gasteiger partial charge < -0.3 is 9.64 Å². The Morgan fingerprint density at radius 3 is 2.58 bits per heavy atom. The van der Waals surface area contributed by atoms with Crippen LogP contribution in [0.15, 0.2) is 12.1 Å². The zero-order valence-electron chi connectivity index (χ0n) is 14.2. The van der Waals surface area contributed by atoms with Gasteiger partial charge in [-0.1, -0.05) is 11.6 Å². The van der Waals surface area contributed by atoms with E-state index in [9.17, 15) is 13.2 Å². The molecule has 0 aliphatic carbocycles. The molecule has 1 fully saturated rings. The van der Waals surface area contributed by atoms with Crippen LogP contribution in [0.3, 0.4) is 0 Å². The summed E-state index contributed by atoms with van der Waals surface area (Å²) in [5, 5.41) is 0.477. The van der Waals surface area contributed by atoms with Gasteiger partial charge in [-0.3, -0.25) is 4.79 Å². The van der Waals surface area contributed by atoms with Gasteiger partial charge in [0, 0.05) is 26.2 Å². The lowest BCUT2D eigenvalue weighted by Gasteiger charge is -2.21. The number of hydrogen-bond donors (Lipinski definition) is 0. The molecule has 1 saturated heterocycles. The summed E-state index contributed by atoms with van der Waals surface area (Å²) in [5.74, 6) is 0.568. The van der Waals surface area contributed by atoms with Gasteiger partial charge in [0.05, 0.1) is 24.8 Å². The SMILES string of the molecule is COc1cc(C)c(CC(=O)N2CCCN(S(C)(=O)=O)CC2)cc1Cl. The van der Waals surface area contributed by atoms with E-state index in [1.807, 2.05) is 13.0 Å². The van der Waals surface area contributed by atoms with Crippen molar-refractivity contribution in [3.63, 3.8) is 0 Å². The number of ether oxygens (including phenoxy) is 1. The van der Waals surface area contributed by atoms with Gasteiger partial charge in [-0.2, -0.15) is 0 Å². The Balaban J connectivity index is 2.06. The van der Waals surface area contributed by atoms with Crippen LogP contribution in [-0.2, 0) is 21.2 Å².